The Balaban J connectivity index is 2.11. The van der Waals surface area contributed by atoms with Crippen LogP contribution < -0.4 is 4.74 Å². The first-order chi connectivity index (χ1) is 8.49. The lowest BCUT2D eigenvalue weighted by Gasteiger charge is -2.46. The van der Waals surface area contributed by atoms with Crippen molar-refractivity contribution in [2.24, 2.45) is 5.92 Å². The summed E-state index contributed by atoms with van der Waals surface area (Å²) in [6.07, 6.45) is 1.96. The third kappa shape index (κ3) is 1.67. The monoisotopic (exact) mass is 244 g/mol. The van der Waals surface area contributed by atoms with E-state index >= 15 is 0 Å². The summed E-state index contributed by atoms with van der Waals surface area (Å²) >= 11 is 0. The van der Waals surface area contributed by atoms with Gasteiger partial charge < -0.3 is 9.84 Å². The van der Waals surface area contributed by atoms with E-state index in [0.29, 0.717) is 5.92 Å². The van der Waals surface area contributed by atoms with Gasteiger partial charge in [-0.1, -0.05) is 29.3 Å². The second kappa shape index (κ2) is 3.86. The van der Waals surface area contributed by atoms with Crippen LogP contribution in [0.15, 0.2) is 35.4 Å². The smallest absolute Gasteiger partial charge is 0.209 e. The van der Waals surface area contributed by atoms with Gasteiger partial charge in [-0.25, -0.2) is 0 Å². The van der Waals surface area contributed by atoms with Gasteiger partial charge in [-0.05, 0) is 38.3 Å². The van der Waals surface area contributed by atoms with Gasteiger partial charge in [0, 0.05) is 18.8 Å². The molecule has 96 valence electrons. The summed E-state index contributed by atoms with van der Waals surface area (Å²) in [5.41, 5.74) is 4.11. The molecule has 0 saturated carbocycles. The molecule has 3 rings (SSSR count). The Morgan fingerprint density at radius 3 is 2.61 bits per heavy atom. The molecule has 1 aliphatic heterocycles. The van der Waals surface area contributed by atoms with Gasteiger partial charge in [0.15, 0.2) is 0 Å². The van der Waals surface area contributed by atoms with E-state index in [1.807, 2.05) is 12.1 Å². The van der Waals surface area contributed by atoms with E-state index in [0.717, 1.165) is 18.6 Å². The van der Waals surface area contributed by atoms with E-state index in [-0.39, 0.29) is 5.92 Å². The van der Waals surface area contributed by atoms with Crippen molar-refractivity contribution in [2.75, 3.05) is 0 Å². The molecule has 1 aromatic carbocycles. The molecule has 0 radical (unpaired) electrons. The summed E-state index contributed by atoms with van der Waals surface area (Å²) in [6, 6.07) is 8.11. The van der Waals surface area contributed by atoms with Crippen LogP contribution in [0, 0.1) is 5.92 Å². The van der Waals surface area contributed by atoms with Gasteiger partial charge >= 0.3 is 0 Å². The summed E-state index contributed by atoms with van der Waals surface area (Å²) in [6.45, 7) is 6.18. The Morgan fingerprint density at radius 2 is 1.83 bits per heavy atom. The van der Waals surface area contributed by atoms with Gasteiger partial charge in [0.05, 0.1) is 0 Å². The van der Waals surface area contributed by atoms with Gasteiger partial charge in [0.1, 0.15) is 5.75 Å². The lowest BCUT2D eigenvalue weighted by atomic mass is 9.68. The molecular formula is C16H20O2. The van der Waals surface area contributed by atoms with Crippen molar-refractivity contribution in [1.82, 2.24) is 0 Å². The molecule has 1 heterocycles. The SMILES string of the molecule is CC1=C(C)C[C@H]2[C@H](C1)c1ccccc1O[C@@]2(C)O. The average molecular weight is 244 g/mol. The minimum absolute atomic E-state index is 0.163. The minimum Gasteiger partial charge on any atom is -0.462 e. The number of rotatable bonds is 0. The third-order valence-corrected chi connectivity index (χ3v) is 4.59. The number of allylic oxidation sites excluding steroid dienone is 2. The van der Waals surface area contributed by atoms with Crippen molar-refractivity contribution < 1.29 is 9.84 Å². The summed E-state index contributed by atoms with van der Waals surface area (Å²) in [7, 11) is 0. The highest BCUT2D eigenvalue weighted by molar-refractivity contribution is 5.42. The highest BCUT2D eigenvalue weighted by Crippen LogP contribution is 2.51. The number of hydrogen-bond acceptors (Lipinski definition) is 2. The van der Waals surface area contributed by atoms with E-state index < -0.39 is 5.79 Å². The van der Waals surface area contributed by atoms with Crippen LogP contribution in [-0.4, -0.2) is 10.9 Å². The van der Waals surface area contributed by atoms with Crippen molar-refractivity contribution in [3.05, 3.63) is 41.0 Å². The fraction of sp³-hybridized carbons (Fsp3) is 0.500. The van der Waals surface area contributed by atoms with Gasteiger partial charge in [-0.15, -0.1) is 0 Å². The topological polar surface area (TPSA) is 29.5 Å². The summed E-state index contributed by atoms with van der Waals surface area (Å²) in [4.78, 5) is 0. The molecule has 1 aliphatic carbocycles. The molecule has 0 unspecified atom stereocenters. The van der Waals surface area contributed by atoms with Crippen molar-refractivity contribution >= 4 is 0 Å². The molecule has 0 amide bonds. The average Bonchev–Trinajstić information content (AvgIpc) is 2.31. The van der Waals surface area contributed by atoms with Gasteiger partial charge in [-0.2, -0.15) is 0 Å². The Hall–Kier alpha value is -1.28. The maximum Gasteiger partial charge on any atom is 0.209 e. The predicted molar refractivity (Wildman–Crippen MR) is 71.5 cm³/mol. The number of ether oxygens (including phenoxy) is 1. The maximum absolute atomic E-state index is 10.6. The highest BCUT2D eigenvalue weighted by atomic mass is 16.6. The molecule has 3 atom stereocenters. The van der Waals surface area contributed by atoms with Crippen LogP contribution >= 0.6 is 0 Å². The van der Waals surface area contributed by atoms with Crippen LogP contribution in [0.5, 0.6) is 5.75 Å². The van der Waals surface area contributed by atoms with Crippen molar-refractivity contribution in [2.45, 2.75) is 45.3 Å². The van der Waals surface area contributed by atoms with E-state index in [2.05, 4.69) is 26.0 Å². The Bertz CT molecular complexity index is 514. The molecule has 2 heteroatoms. The zero-order chi connectivity index (χ0) is 12.9. The lowest BCUT2D eigenvalue weighted by Crippen LogP contribution is -2.48. The van der Waals surface area contributed by atoms with E-state index in [9.17, 15) is 5.11 Å². The Morgan fingerprint density at radius 1 is 1.17 bits per heavy atom. The molecule has 2 aliphatic rings. The fourth-order valence-corrected chi connectivity index (χ4v) is 3.36. The molecule has 0 saturated heterocycles. The molecule has 1 aromatic rings. The quantitative estimate of drug-likeness (QED) is 0.706. The molecule has 0 spiro atoms. The lowest BCUT2D eigenvalue weighted by molar-refractivity contribution is -0.181. The fourth-order valence-electron chi connectivity index (χ4n) is 3.36. The molecule has 18 heavy (non-hydrogen) atoms. The second-order valence-electron chi connectivity index (χ2n) is 5.88. The van der Waals surface area contributed by atoms with Crippen molar-refractivity contribution in [3.63, 3.8) is 0 Å². The number of hydrogen-bond donors (Lipinski definition) is 1. The normalized spacial score (nSPS) is 34.7. The molecule has 2 nitrogen and oxygen atoms in total. The van der Waals surface area contributed by atoms with Crippen LogP contribution in [0.4, 0.5) is 0 Å². The van der Waals surface area contributed by atoms with Gasteiger partial charge in [0.2, 0.25) is 5.79 Å². The van der Waals surface area contributed by atoms with Crippen molar-refractivity contribution in [3.8, 4) is 5.75 Å². The van der Waals surface area contributed by atoms with Crippen LogP contribution in [0.2, 0.25) is 0 Å². The van der Waals surface area contributed by atoms with Crippen LogP contribution in [0.25, 0.3) is 0 Å². The minimum atomic E-state index is -1.05. The third-order valence-electron chi connectivity index (χ3n) is 4.59. The van der Waals surface area contributed by atoms with Crippen LogP contribution in [0.1, 0.15) is 45.1 Å². The molecule has 0 aromatic heterocycles. The highest BCUT2D eigenvalue weighted by Gasteiger charge is 2.46. The zero-order valence-corrected chi connectivity index (χ0v) is 11.2. The molecule has 0 bridgehead atoms. The van der Waals surface area contributed by atoms with E-state index in [4.69, 9.17) is 4.74 Å². The summed E-state index contributed by atoms with van der Waals surface area (Å²) in [5.74, 6) is 0.335. The first-order valence-corrected chi connectivity index (χ1v) is 6.64. The number of aliphatic hydroxyl groups is 1. The molecule has 0 fully saturated rings. The predicted octanol–water partition coefficient (Wildman–Crippen LogP) is 3.62. The Kier molecular flexibility index (Phi) is 2.53. The van der Waals surface area contributed by atoms with Crippen LogP contribution in [0.3, 0.4) is 0 Å². The second-order valence-corrected chi connectivity index (χ2v) is 5.88. The number of para-hydroxylation sites is 1. The van der Waals surface area contributed by atoms with Crippen LogP contribution in [-0.2, 0) is 0 Å². The van der Waals surface area contributed by atoms with Crippen molar-refractivity contribution in [1.29, 1.82) is 0 Å². The standard InChI is InChI=1S/C16H20O2/c1-10-8-13-12-6-4-5-7-15(12)18-16(3,17)14(13)9-11(10)2/h4-7,13-14,17H,8-9H2,1-3H3/t13-,14+,16-/m1/s1. The summed E-state index contributed by atoms with van der Waals surface area (Å²) in [5, 5.41) is 10.6. The summed E-state index contributed by atoms with van der Waals surface area (Å²) < 4.78 is 5.81. The first kappa shape index (κ1) is 11.8. The number of fused-ring (bicyclic) bond motifs is 3. The maximum atomic E-state index is 10.6. The van der Waals surface area contributed by atoms with E-state index in [1.165, 1.54) is 16.7 Å². The molecular weight excluding hydrogens is 224 g/mol. The van der Waals surface area contributed by atoms with E-state index in [1.54, 1.807) is 6.92 Å². The zero-order valence-electron chi connectivity index (χ0n) is 11.2. The molecule has 1 N–H and O–H groups in total. The van der Waals surface area contributed by atoms with Gasteiger partial charge in [0.25, 0.3) is 0 Å². The van der Waals surface area contributed by atoms with Gasteiger partial charge in [-0.3, -0.25) is 0 Å². The largest absolute Gasteiger partial charge is 0.462 e. The first-order valence-electron chi connectivity index (χ1n) is 6.64. The Labute approximate surface area is 108 Å². The number of benzene rings is 1.